The van der Waals surface area contributed by atoms with Gasteiger partial charge in [-0.1, -0.05) is 0 Å². The van der Waals surface area contributed by atoms with Crippen molar-refractivity contribution in [3.05, 3.63) is 0 Å². The second-order valence-corrected chi connectivity index (χ2v) is 4.29. The lowest BCUT2D eigenvalue weighted by atomic mass is 9.98. The van der Waals surface area contributed by atoms with Crippen molar-refractivity contribution in [2.75, 3.05) is 25.6 Å². The third-order valence-corrected chi connectivity index (χ3v) is 2.94. The van der Waals surface area contributed by atoms with Crippen LogP contribution in [0, 0.1) is 5.92 Å². The number of urea groups is 1. The maximum absolute atomic E-state index is 11.7. The van der Waals surface area contributed by atoms with E-state index in [-0.39, 0.29) is 24.3 Å². The number of esters is 1. The van der Waals surface area contributed by atoms with Gasteiger partial charge in [-0.25, -0.2) is 4.79 Å². The molecule has 1 aliphatic heterocycles. The summed E-state index contributed by atoms with van der Waals surface area (Å²) in [5.74, 6) is -1.41. The lowest BCUT2D eigenvalue weighted by Crippen LogP contribution is -2.49. The van der Waals surface area contributed by atoms with E-state index in [2.05, 4.69) is 5.32 Å². The van der Waals surface area contributed by atoms with Crippen LogP contribution in [0.25, 0.3) is 0 Å². The number of amides is 3. The molecule has 0 aromatic heterocycles. The molecule has 0 aromatic rings. The highest BCUT2D eigenvalue weighted by Crippen LogP contribution is 2.17. The molecule has 0 bridgehead atoms. The summed E-state index contributed by atoms with van der Waals surface area (Å²) < 4.78 is 4.93. The molecule has 18 heavy (non-hydrogen) atoms. The van der Waals surface area contributed by atoms with E-state index in [9.17, 15) is 14.4 Å². The van der Waals surface area contributed by atoms with Crippen molar-refractivity contribution < 1.29 is 19.1 Å². The predicted octanol–water partition coefficient (Wildman–Crippen LogP) is 0.736. The molecule has 0 aromatic carbocycles. The topological polar surface area (TPSA) is 75.7 Å². The fourth-order valence-electron chi connectivity index (χ4n) is 1.85. The van der Waals surface area contributed by atoms with Gasteiger partial charge >= 0.3 is 12.0 Å². The zero-order valence-corrected chi connectivity index (χ0v) is 11.0. The van der Waals surface area contributed by atoms with Gasteiger partial charge in [-0.3, -0.25) is 14.9 Å². The highest BCUT2D eigenvalue weighted by atomic mass is 35.5. The molecule has 1 fully saturated rings. The molecule has 0 saturated carbocycles. The van der Waals surface area contributed by atoms with Crippen molar-refractivity contribution in [1.82, 2.24) is 10.2 Å². The van der Waals surface area contributed by atoms with Crippen LogP contribution in [0.3, 0.4) is 0 Å². The molecule has 102 valence electrons. The van der Waals surface area contributed by atoms with Crippen LogP contribution in [-0.4, -0.2) is 48.4 Å². The first-order valence-electron chi connectivity index (χ1n) is 5.89. The summed E-state index contributed by atoms with van der Waals surface area (Å²) in [6.07, 6.45) is 1.41. The Morgan fingerprint density at radius 3 is 2.78 bits per heavy atom. The average Bonchev–Trinajstić information content (AvgIpc) is 2.39. The van der Waals surface area contributed by atoms with E-state index in [1.54, 1.807) is 6.92 Å². The van der Waals surface area contributed by atoms with Gasteiger partial charge in [-0.05, 0) is 19.8 Å². The summed E-state index contributed by atoms with van der Waals surface area (Å²) >= 11 is 5.30. The number of nitrogens with one attached hydrogen (secondary N) is 1. The maximum atomic E-state index is 11.7. The molecular weight excluding hydrogens is 260 g/mol. The third kappa shape index (κ3) is 4.18. The summed E-state index contributed by atoms with van der Waals surface area (Å²) in [6.45, 7) is 2.87. The molecule has 3 amide bonds. The largest absolute Gasteiger partial charge is 0.466 e. The number of rotatable bonds is 3. The SMILES string of the molecule is CCOC(=O)C1CCCN(C(=O)NC(=O)CCl)C1. The molecule has 1 heterocycles. The summed E-state index contributed by atoms with van der Waals surface area (Å²) in [7, 11) is 0. The van der Waals surface area contributed by atoms with Gasteiger partial charge in [0.05, 0.1) is 12.5 Å². The number of carbonyl (C=O) groups is 3. The molecule has 0 spiro atoms. The average molecular weight is 277 g/mol. The first-order chi connectivity index (χ1) is 8.58. The number of imide groups is 1. The molecule has 1 N–H and O–H groups in total. The Balaban J connectivity index is 2.50. The fraction of sp³-hybridized carbons (Fsp3) is 0.727. The normalized spacial score (nSPS) is 19.2. The van der Waals surface area contributed by atoms with E-state index in [0.29, 0.717) is 26.0 Å². The Morgan fingerprint density at radius 1 is 1.44 bits per heavy atom. The van der Waals surface area contributed by atoms with Crippen molar-refractivity contribution in [3.63, 3.8) is 0 Å². The van der Waals surface area contributed by atoms with Gasteiger partial charge in [0.1, 0.15) is 5.88 Å². The molecule has 1 aliphatic rings. The Bertz CT molecular complexity index is 335. The number of piperidine rings is 1. The van der Waals surface area contributed by atoms with Gasteiger partial charge in [-0.15, -0.1) is 11.6 Å². The number of hydrogen-bond donors (Lipinski definition) is 1. The number of hydrogen-bond acceptors (Lipinski definition) is 4. The minimum absolute atomic E-state index is 0.263. The van der Waals surface area contributed by atoms with Crippen LogP contribution in [0.2, 0.25) is 0 Å². The van der Waals surface area contributed by atoms with E-state index in [4.69, 9.17) is 16.3 Å². The van der Waals surface area contributed by atoms with Gasteiger partial charge in [0, 0.05) is 13.1 Å². The number of nitrogens with zero attached hydrogens (tertiary/aromatic N) is 1. The lowest BCUT2D eigenvalue weighted by Gasteiger charge is -2.31. The van der Waals surface area contributed by atoms with Gasteiger partial charge in [0.25, 0.3) is 0 Å². The fourth-order valence-corrected chi connectivity index (χ4v) is 1.91. The monoisotopic (exact) mass is 276 g/mol. The van der Waals surface area contributed by atoms with Crippen LogP contribution in [-0.2, 0) is 14.3 Å². The number of halogens is 1. The Hall–Kier alpha value is -1.30. The van der Waals surface area contributed by atoms with E-state index < -0.39 is 11.9 Å². The Morgan fingerprint density at radius 2 is 2.17 bits per heavy atom. The molecule has 1 atom stereocenters. The van der Waals surface area contributed by atoms with Crippen LogP contribution in [0.15, 0.2) is 0 Å². The van der Waals surface area contributed by atoms with Crippen LogP contribution in [0.4, 0.5) is 4.79 Å². The number of alkyl halides is 1. The van der Waals surface area contributed by atoms with Crippen LogP contribution in [0.5, 0.6) is 0 Å². The Kier molecular flexibility index (Phi) is 5.91. The molecule has 6 nitrogen and oxygen atoms in total. The van der Waals surface area contributed by atoms with Crippen molar-refractivity contribution >= 4 is 29.5 Å². The maximum Gasteiger partial charge on any atom is 0.324 e. The molecule has 0 radical (unpaired) electrons. The number of carbonyl (C=O) groups excluding carboxylic acids is 3. The zero-order chi connectivity index (χ0) is 13.5. The van der Waals surface area contributed by atoms with E-state index in [0.717, 1.165) is 0 Å². The van der Waals surface area contributed by atoms with Crippen molar-refractivity contribution in [1.29, 1.82) is 0 Å². The minimum atomic E-state index is -0.542. The van der Waals surface area contributed by atoms with E-state index in [1.165, 1.54) is 4.90 Å². The van der Waals surface area contributed by atoms with Crippen molar-refractivity contribution in [2.24, 2.45) is 5.92 Å². The third-order valence-electron chi connectivity index (χ3n) is 2.70. The summed E-state index contributed by atoms with van der Waals surface area (Å²) in [5.41, 5.74) is 0. The quantitative estimate of drug-likeness (QED) is 0.609. The van der Waals surface area contributed by atoms with Gasteiger partial charge in [-0.2, -0.15) is 0 Å². The summed E-state index contributed by atoms with van der Waals surface area (Å²) in [6, 6.07) is -0.505. The minimum Gasteiger partial charge on any atom is -0.466 e. The predicted molar refractivity (Wildman–Crippen MR) is 65.2 cm³/mol. The number of ether oxygens (including phenoxy) is 1. The second-order valence-electron chi connectivity index (χ2n) is 4.02. The molecule has 1 saturated heterocycles. The first-order valence-corrected chi connectivity index (χ1v) is 6.43. The van der Waals surface area contributed by atoms with Crippen LogP contribution < -0.4 is 5.32 Å². The summed E-state index contributed by atoms with van der Waals surface area (Å²) in [4.78, 5) is 35.7. The Labute approximate surface area is 111 Å². The molecule has 0 aliphatic carbocycles. The highest BCUT2D eigenvalue weighted by Gasteiger charge is 2.29. The van der Waals surface area contributed by atoms with Crippen LogP contribution in [0.1, 0.15) is 19.8 Å². The molecule has 1 unspecified atom stereocenters. The standard InChI is InChI=1S/C11H17ClN2O4/c1-2-18-10(16)8-4-3-5-14(7-8)11(17)13-9(15)6-12/h8H,2-7H2,1H3,(H,13,15,17). The van der Waals surface area contributed by atoms with E-state index >= 15 is 0 Å². The van der Waals surface area contributed by atoms with Crippen molar-refractivity contribution in [3.8, 4) is 0 Å². The van der Waals surface area contributed by atoms with E-state index in [1.807, 2.05) is 0 Å². The first kappa shape index (κ1) is 14.8. The molecular formula is C11H17ClN2O4. The lowest BCUT2D eigenvalue weighted by molar-refractivity contribution is -0.149. The summed E-state index contributed by atoms with van der Waals surface area (Å²) in [5, 5.41) is 2.15. The van der Waals surface area contributed by atoms with Gasteiger partial charge in [0.15, 0.2) is 0 Å². The molecule has 1 rings (SSSR count). The van der Waals surface area contributed by atoms with Gasteiger partial charge in [0.2, 0.25) is 5.91 Å². The second kappa shape index (κ2) is 7.20. The molecule has 7 heteroatoms. The van der Waals surface area contributed by atoms with Crippen LogP contribution >= 0.6 is 11.6 Å². The van der Waals surface area contributed by atoms with Crippen molar-refractivity contribution in [2.45, 2.75) is 19.8 Å². The number of likely N-dealkylation sites (tertiary alicyclic amines) is 1. The zero-order valence-electron chi connectivity index (χ0n) is 10.3. The smallest absolute Gasteiger partial charge is 0.324 e. The van der Waals surface area contributed by atoms with Gasteiger partial charge < -0.3 is 9.64 Å². The highest BCUT2D eigenvalue weighted by molar-refractivity contribution is 6.28.